The maximum absolute atomic E-state index is 11.4. The molecule has 0 spiro atoms. The zero-order valence-electron chi connectivity index (χ0n) is 11.6. The third-order valence-corrected chi connectivity index (χ3v) is 3.83. The Labute approximate surface area is 123 Å². The van der Waals surface area contributed by atoms with Crippen LogP contribution >= 0.6 is 11.6 Å². The number of halogens is 1. The van der Waals surface area contributed by atoms with E-state index in [2.05, 4.69) is 11.8 Å². The van der Waals surface area contributed by atoms with Gasteiger partial charge in [0, 0.05) is 31.9 Å². The highest BCUT2D eigenvalue weighted by molar-refractivity contribution is 6.34. The summed E-state index contributed by atoms with van der Waals surface area (Å²) in [7, 11) is 0. The maximum Gasteiger partial charge on any atom is 0.337 e. The van der Waals surface area contributed by atoms with Crippen LogP contribution in [0.15, 0.2) is 12.1 Å². The zero-order chi connectivity index (χ0) is 14.7. The zero-order valence-corrected chi connectivity index (χ0v) is 12.4. The van der Waals surface area contributed by atoms with Crippen LogP contribution in [0.5, 0.6) is 0 Å². The van der Waals surface area contributed by atoms with E-state index in [1.165, 1.54) is 6.07 Å². The quantitative estimate of drug-likeness (QED) is 0.833. The van der Waals surface area contributed by atoms with Crippen molar-refractivity contribution in [2.24, 2.45) is 0 Å². The molecule has 0 aromatic heterocycles. The third-order valence-electron chi connectivity index (χ3n) is 3.54. The monoisotopic (exact) mass is 297 g/mol. The van der Waals surface area contributed by atoms with Crippen LogP contribution in [0, 0.1) is 0 Å². The molecule has 1 fully saturated rings. The number of nitrogens with two attached hydrogens (primary N) is 1. The number of benzene rings is 1. The molecule has 2 rings (SSSR count). The summed E-state index contributed by atoms with van der Waals surface area (Å²) in [6.45, 7) is 6.65. The Balaban J connectivity index is 2.23. The van der Waals surface area contributed by atoms with E-state index in [9.17, 15) is 9.90 Å². The summed E-state index contributed by atoms with van der Waals surface area (Å²) in [5, 5.41) is 9.74. The van der Waals surface area contributed by atoms with E-state index >= 15 is 0 Å². The summed E-state index contributed by atoms with van der Waals surface area (Å²) < 4.78 is 0. The normalized spacial score (nSPS) is 16.4. The minimum absolute atomic E-state index is 0.180. The molecule has 1 saturated heterocycles. The van der Waals surface area contributed by atoms with Crippen molar-refractivity contribution in [3.63, 3.8) is 0 Å². The Kier molecular flexibility index (Phi) is 4.73. The summed E-state index contributed by atoms with van der Waals surface area (Å²) in [6, 6.07) is 3.09. The van der Waals surface area contributed by atoms with Crippen LogP contribution in [0.2, 0.25) is 5.02 Å². The van der Waals surface area contributed by atoms with Gasteiger partial charge in [-0.3, -0.25) is 4.90 Å². The average Bonchev–Trinajstić information content (AvgIpc) is 2.39. The molecule has 0 radical (unpaired) electrons. The van der Waals surface area contributed by atoms with Gasteiger partial charge in [-0.25, -0.2) is 4.79 Å². The lowest BCUT2D eigenvalue weighted by Crippen LogP contribution is -2.47. The van der Waals surface area contributed by atoms with Gasteiger partial charge < -0.3 is 15.7 Å². The molecular weight excluding hydrogens is 278 g/mol. The first-order valence-electron chi connectivity index (χ1n) is 6.82. The van der Waals surface area contributed by atoms with Crippen LogP contribution in [0.3, 0.4) is 0 Å². The van der Waals surface area contributed by atoms with Gasteiger partial charge in [-0.1, -0.05) is 18.5 Å². The highest BCUT2D eigenvalue weighted by atomic mass is 35.5. The van der Waals surface area contributed by atoms with E-state index in [-0.39, 0.29) is 5.56 Å². The minimum Gasteiger partial charge on any atom is -0.478 e. The molecule has 0 amide bonds. The van der Waals surface area contributed by atoms with E-state index in [4.69, 9.17) is 17.3 Å². The SMILES string of the molecule is CCCN1CCN(c2c(Cl)cc(N)cc2C(=O)O)CC1. The predicted molar refractivity (Wildman–Crippen MR) is 81.8 cm³/mol. The lowest BCUT2D eigenvalue weighted by atomic mass is 10.1. The minimum atomic E-state index is -0.995. The number of carbonyl (C=O) groups is 1. The molecule has 1 aliphatic heterocycles. The number of piperazine rings is 1. The summed E-state index contributed by atoms with van der Waals surface area (Å²) in [5.74, 6) is -0.995. The van der Waals surface area contributed by atoms with Gasteiger partial charge in [-0.2, -0.15) is 0 Å². The van der Waals surface area contributed by atoms with Gasteiger partial charge in [0.25, 0.3) is 0 Å². The summed E-state index contributed by atoms with van der Waals surface area (Å²) >= 11 is 6.21. The van der Waals surface area contributed by atoms with Crippen molar-refractivity contribution in [1.29, 1.82) is 0 Å². The Morgan fingerprint density at radius 1 is 1.35 bits per heavy atom. The summed E-state index contributed by atoms with van der Waals surface area (Å²) in [6.07, 6.45) is 1.13. The number of nitrogen functional groups attached to an aromatic ring is 1. The van der Waals surface area contributed by atoms with Crippen molar-refractivity contribution >= 4 is 28.9 Å². The standard InChI is InChI=1S/C14H20ClN3O2/c1-2-3-17-4-6-18(7-5-17)13-11(14(19)20)8-10(16)9-12(13)15/h8-9H,2-7,16H2,1H3,(H,19,20). The Morgan fingerprint density at radius 2 is 2.00 bits per heavy atom. The van der Waals surface area contributed by atoms with Crippen molar-refractivity contribution in [3.8, 4) is 0 Å². The first-order chi connectivity index (χ1) is 9.52. The molecule has 3 N–H and O–H groups in total. The number of nitrogens with zero attached hydrogens (tertiary/aromatic N) is 2. The molecular formula is C14H20ClN3O2. The molecule has 1 aliphatic rings. The van der Waals surface area contributed by atoms with Crippen molar-refractivity contribution in [2.75, 3.05) is 43.4 Å². The fourth-order valence-electron chi connectivity index (χ4n) is 2.62. The molecule has 1 aromatic carbocycles. The topological polar surface area (TPSA) is 69.8 Å². The summed E-state index contributed by atoms with van der Waals surface area (Å²) in [5.41, 5.74) is 6.83. The molecule has 0 atom stereocenters. The van der Waals surface area contributed by atoms with Gasteiger partial charge in [-0.15, -0.1) is 0 Å². The Hall–Kier alpha value is -1.46. The molecule has 0 unspecified atom stereocenters. The lowest BCUT2D eigenvalue weighted by molar-refractivity contribution is 0.0697. The van der Waals surface area contributed by atoms with E-state index in [1.54, 1.807) is 6.07 Å². The maximum atomic E-state index is 11.4. The van der Waals surface area contributed by atoms with E-state index < -0.39 is 5.97 Å². The number of rotatable bonds is 4. The first kappa shape index (κ1) is 14.9. The van der Waals surface area contributed by atoms with Crippen LogP contribution in [-0.4, -0.2) is 48.7 Å². The molecule has 0 aliphatic carbocycles. The fraction of sp³-hybridized carbons (Fsp3) is 0.500. The largest absolute Gasteiger partial charge is 0.478 e. The summed E-state index contributed by atoms with van der Waals surface area (Å²) in [4.78, 5) is 15.8. The average molecular weight is 298 g/mol. The van der Waals surface area contributed by atoms with Gasteiger partial charge in [0.1, 0.15) is 0 Å². The molecule has 5 nitrogen and oxygen atoms in total. The molecule has 110 valence electrons. The number of hydrogen-bond acceptors (Lipinski definition) is 4. The van der Waals surface area contributed by atoms with Crippen molar-refractivity contribution in [1.82, 2.24) is 4.90 Å². The number of carboxylic acid groups (broad SMARTS) is 1. The molecule has 0 saturated carbocycles. The van der Waals surface area contributed by atoms with Crippen molar-refractivity contribution in [3.05, 3.63) is 22.7 Å². The van der Waals surface area contributed by atoms with E-state index in [0.29, 0.717) is 16.4 Å². The number of hydrogen-bond donors (Lipinski definition) is 2. The fourth-order valence-corrected chi connectivity index (χ4v) is 2.96. The lowest BCUT2D eigenvalue weighted by Gasteiger charge is -2.37. The molecule has 1 aromatic rings. The second-order valence-corrected chi connectivity index (χ2v) is 5.44. The smallest absolute Gasteiger partial charge is 0.337 e. The van der Waals surface area contributed by atoms with Gasteiger partial charge in [-0.05, 0) is 25.1 Å². The number of carboxylic acids is 1. The second-order valence-electron chi connectivity index (χ2n) is 5.03. The van der Waals surface area contributed by atoms with Crippen molar-refractivity contribution < 1.29 is 9.90 Å². The molecule has 20 heavy (non-hydrogen) atoms. The van der Waals surface area contributed by atoms with Crippen LogP contribution in [0.25, 0.3) is 0 Å². The van der Waals surface area contributed by atoms with E-state index in [1.807, 2.05) is 4.90 Å². The third kappa shape index (κ3) is 3.16. The first-order valence-corrected chi connectivity index (χ1v) is 7.20. The van der Waals surface area contributed by atoms with Crippen molar-refractivity contribution in [2.45, 2.75) is 13.3 Å². The van der Waals surface area contributed by atoms with Crippen LogP contribution < -0.4 is 10.6 Å². The second kappa shape index (κ2) is 6.33. The van der Waals surface area contributed by atoms with Gasteiger partial charge >= 0.3 is 5.97 Å². The van der Waals surface area contributed by atoms with Crippen LogP contribution in [-0.2, 0) is 0 Å². The number of anilines is 2. The Bertz CT molecular complexity index is 499. The number of aromatic carboxylic acids is 1. The van der Waals surface area contributed by atoms with Crippen LogP contribution in [0.1, 0.15) is 23.7 Å². The molecule has 0 bridgehead atoms. The van der Waals surface area contributed by atoms with E-state index in [0.717, 1.165) is 39.1 Å². The highest BCUT2D eigenvalue weighted by Crippen LogP contribution is 2.33. The molecule has 1 heterocycles. The van der Waals surface area contributed by atoms with Crippen LogP contribution in [0.4, 0.5) is 11.4 Å². The van der Waals surface area contributed by atoms with Gasteiger partial charge in [0.2, 0.25) is 0 Å². The molecule has 6 heteroatoms. The predicted octanol–water partition coefficient (Wildman–Crippen LogP) is 2.15. The van der Waals surface area contributed by atoms with Gasteiger partial charge in [0.15, 0.2) is 0 Å². The Morgan fingerprint density at radius 3 is 2.55 bits per heavy atom. The van der Waals surface area contributed by atoms with Gasteiger partial charge in [0.05, 0.1) is 16.3 Å². The highest BCUT2D eigenvalue weighted by Gasteiger charge is 2.23.